The maximum atomic E-state index is 12.5. The molecule has 0 spiro atoms. The normalized spacial score (nSPS) is 15.3. The molecule has 0 atom stereocenters. The quantitative estimate of drug-likeness (QED) is 0.758. The molecule has 1 aliphatic rings. The summed E-state index contributed by atoms with van der Waals surface area (Å²) in [5, 5.41) is 7.00. The molecule has 1 aromatic carbocycles. The highest BCUT2D eigenvalue weighted by atomic mass is 35.5. The molecule has 5 nitrogen and oxygen atoms in total. The van der Waals surface area contributed by atoms with Crippen molar-refractivity contribution in [1.82, 2.24) is 15.3 Å². The van der Waals surface area contributed by atoms with Crippen LogP contribution in [0.4, 0.5) is 5.95 Å². The number of hydrogen-bond donors (Lipinski definition) is 2. The minimum atomic E-state index is -0.200. The van der Waals surface area contributed by atoms with Crippen molar-refractivity contribution in [2.45, 2.75) is 58.0 Å². The number of aromatic nitrogens is 2. The zero-order valence-corrected chi connectivity index (χ0v) is 15.9. The second-order valence-electron chi connectivity index (χ2n) is 6.86. The van der Waals surface area contributed by atoms with E-state index >= 15 is 0 Å². The molecule has 1 fully saturated rings. The second-order valence-corrected chi connectivity index (χ2v) is 7.30. The van der Waals surface area contributed by atoms with E-state index in [2.05, 4.69) is 20.6 Å². The highest BCUT2D eigenvalue weighted by Crippen LogP contribution is 2.20. The number of nitrogens with one attached hydrogen (secondary N) is 2. The molecule has 2 aromatic rings. The van der Waals surface area contributed by atoms with Crippen LogP contribution in [0.15, 0.2) is 30.3 Å². The number of aryl methyl sites for hydroxylation is 1. The Balaban J connectivity index is 1.63. The summed E-state index contributed by atoms with van der Waals surface area (Å²) in [6.45, 7) is 2.32. The molecule has 2 N–H and O–H groups in total. The molecule has 0 radical (unpaired) electrons. The standard InChI is InChI=1S/C20H25ClN4O/c1-14-12-18(19(26)22-13-15-8-10-16(21)11-9-15)25-20(23-14)24-17-6-4-2-3-5-7-17/h8-12,17H,2-7,13H2,1H3,(H,22,26)(H,23,24,25). The Hall–Kier alpha value is -2.14. The maximum absolute atomic E-state index is 12.5. The van der Waals surface area contributed by atoms with E-state index in [1.54, 1.807) is 6.07 Å². The smallest absolute Gasteiger partial charge is 0.270 e. The van der Waals surface area contributed by atoms with Gasteiger partial charge in [0.25, 0.3) is 5.91 Å². The molecular weight excluding hydrogens is 348 g/mol. The fraction of sp³-hybridized carbons (Fsp3) is 0.450. The third-order valence-electron chi connectivity index (χ3n) is 4.64. The van der Waals surface area contributed by atoms with Gasteiger partial charge in [-0.2, -0.15) is 0 Å². The van der Waals surface area contributed by atoms with Gasteiger partial charge in [0.2, 0.25) is 5.95 Å². The molecule has 0 aliphatic heterocycles. The van der Waals surface area contributed by atoms with Crippen molar-refractivity contribution in [3.63, 3.8) is 0 Å². The second kappa shape index (κ2) is 8.99. The van der Waals surface area contributed by atoms with E-state index in [4.69, 9.17) is 11.6 Å². The molecule has 1 aliphatic carbocycles. The third kappa shape index (κ3) is 5.43. The average Bonchev–Trinajstić information content (AvgIpc) is 2.89. The van der Waals surface area contributed by atoms with E-state index < -0.39 is 0 Å². The van der Waals surface area contributed by atoms with Crippen LogP contribution in [-0.2, 0) is 6.54 Å². The van der Waals surface area contributed by atoms with Crippen LogP contribution in [0.3, 0.4) is 0 Å². The van der Waals surface area contributed by atoms with Crippen LogP contribution in [0, 0.1) is 6.92 Å². The van der Waals surface area contributed by atoms with Crippen LogP contribution in [0.25, 0.3) is 0 Å². The van der Waals surface area contributed by atoms with Gasteiger partial charge < -0.3 is 10.6 Å². The zero-order valence-electron chi connectivity index (χ0n) is 15.1. The van der Waals surface area contributed by atoms with Crippen molar-refractivity contribution in [2.75, 3.05) is 5.32 Å². The van der Waals surface area contributed by atoms with Crippen LogP contribution in [0.5, 0.6) is 0 Å². The Morgan fingerprint density at radius 3 is 2.50 bits per heavy atom. The van der Waals surface area contributed by atoms with Crippen molar-refractivity contribution in [3.05, 3.63) is 52.3 Å². The summed E-state index contributed by atoms with van der Waals surface area (Å²) in [7, 11) is 0. The molecule has 1 heterocycles. The number of hydrogen-bond acceptors (Lipinski definition) is 4. The predicted octanol–water partition coefficient (Wildman–Crippen LogP) is 4.50. The average molecular weight is 373 g/mol. The van der Waals surface area contributed by atoms with Crippen LogP contribution in [-0.4, -0.2) is 21.9 Å². The first-order valence-corrected chi connectivity index (χ1v) is 9.63. The van der Waals surface area contributed by atoms with E-state index in [0.29, 0.717) is 29.3 Å². The first-order chi connectivity index (χ1) is 12.6. The first kappa shape index (κ1) is 18.6. The Labute approximate surface area is 159 Å². The number of anilines is 1. The molecule has 1 aromatic heterocycles. The van der Waals surface area contributed by atoms with Crippen molar-refractivity contribution in [2.24, 2.45) is 0 Å². The number of amides is 1. The van der Waals surface area contributed by atoms with Gasteiger partial charge >= 0.3 is 0 Å². The summed E-state index contributed by atoms with van der Waals surface area (Å²) >= 11 is 5.88. The van der Waals surface area contributed by atoms with Crippen molar-refractivity contribution in [1.29, 1.82) is 0 Å². The van der Waals surface area contributed by atoms with Crippen LogP contribution < -0.4 is 10.6 Å². The Kier molecular flexibility index (Phi) is 6.45. The third-order valence-corrected chi connectivity index (χ3v) is 4.89. The monoisotopic (exact) mass is 372 g/mol. The molecule has 6 heteroatoms. The molecule has 0 unspecified atom stereocenters. The van der Waals surface area contributed by atoms with Crippen LogP contribution in [0.2, 0.25) is 5.02 Å². The molecule has 0 saturated heterocycles. The van der Waals surface area contributed by atoms with Crippen molar-refractivity contribution in [3.8, 4) is 0 Å². The summed E-state index contributed by atoms with van der Waals surface area (Å²) in [6, 6.07) is 9.53. The molecule has 3 rings (SSSR count). The van der Waals surface area contributed by atoms with E-state index in [1.165, 1.54) is 25.7 Å². The van der Waals surface area contributed by atoms with Gasteiger partial charge in [-0.1, -0.05) is 49.4 Å². The summed E-state index contributed by atoms with van der Waals surface area (Å²) in [5.41, 5.74) is 2.17. The zero-order chi connectivity index (χ0) is 18.4. The first-order valence-electron chi connectivity index (χ1n) is 9.25. The van der Waals surface area contributed by atoms with Gasteiger partial charge in [0, 0.05) is 23.3 Å². The molecule has 1 amide bonds. The number of rotatable bonds is 5. The van der Waals surface area contributed by atoms with Gasteiger partial charge in [-0.3, -0.25) is 4.79 Å². The predicted molar refractivity (Wildman–Crippen MR) is 105 cm³/mol. The lowest BCUT2D eigenvalue weighted by Gasteiger charge is -2.17. The number of halogens is 1. The molecule has 26 heavy (non-hydrogen) atoms. The lowest BCUT2D eigenvalue weighted by Crippen LogP contribution is -2.26. The number of carbonyl (C=O) groups excluding carboxylic acids is 1. The van der Waals surface area contributed by atoms with Gasteiger partial charge in [-0.25, -0.2) is 9.97 Å². The van der Waals surface area contributed by atoms with Crippen LogP contribution in [0.1, 0.15) is 60.3 Å². The minimum Gasteiger partial charge on any atom is -0.351 e. The van der Waals surface area contributed by atoms with Crippen LogP contribution >= 0.6 is 11.6 Å². The Morgan fingerprint density at radius 1 is 1.12 bits per heavy atom. The van der Waals surface area contributed by atoms with E-state index in [9.17, 15) is 4.79 Å². The summed E-state index contributed by atoms with van der Waals surface area (Å²) in [6.07, 6.45) is 7.33. The Morgan fingerprint density at radius 2 is 1.81 bits per heavy atom. The fourth-order valence-electron chi connectivity index (χ4n) is 3.23. The molecule has 0 bridgehead atoms. The summed E-state index contributed by atoms with van der Waals surface area (Å²) in [4.78, 5) is 21.4. The topological polar surface area (TPSA) is 66.9 Å². The van der Waals surface area contributed by atoms with Gasteiger partial charge in [-0.15, -0.1) is 0 Å². The maximum Gasteiger partial charge on any atom is 0.270 e. The fourth-order valence-corrected chi connectivity index (χ4v) is 3.36. The highest BCUT2D eigenvalue weighted by Gasteiger charge is 2.15. The lowest BCUT2D eigenvalue weighted by atomic mass is 10.1. The summed E-state index contributed by atoms with van der Waals surface area (Å²) in [5.74, 6) is 0.350. The number of benzene rings is 1. The minimum absolute atomic E-state index is 0.200. The molecular formula is C20H25ClN4O. The highest BCUT2D eigenvalue weighted by molar-refractivity contribution is 6.30. The van der Waals surface area contributed by atoms with Gasteiger partial charge in [0.1, 0.15) is 5.69 Å². The van der Waals surface area contributed by atoms with Gasteiger partial charge in [0.15, 0.2) is 0 Å². The summed E-state index contributed by atoms with van der Waals surface area (Å²) < 4.78 is 0. The lowest BCUT2D eigenvalue weighted by molar-refractivity contribution is 0.0945. The number of nitrogens with zero attached hydrogens (tertiary/aromatic N) is 2. The Bertz CT molecular complexity index is 740. The van der Waals surface area contributed by atoms with Gasteiger partial charge in [-0.05, 0) is 43.5 Å². The van der Waals surface area contributed by atoms with E-state index in [-0.39, 0.29) is 5.91 Å². The van der Waals surface area contributed by atoms with Gasteiger partial charge in [0.05, 0.1) is 0 Å². The van der Waals surface area contributed by atoms with Crippen molar-refractivity contribution < 1.29 is 4.79 Å². The number of carbonyl (C=O) groups is 1. The van der Waals surface area contributed by atoms with E-state index in [1.807, 2.05) is 31.2 Å². The largest absolute Gasteiger partial charge is 0.351 e. The molecule has 1 saturated carbocycles. The SMILES string of the molecule is Cc1cc(C(=O)NCc2ccc(Cl)cc2)nc(NC2CCCCCC2)n1. The van der Waals surface area contributed by atoms with Crippen molar-refractivity contribution >= 4 is 23.5 Å². The van der Waals surface area contributed by atoms with E-state index in [0.717, 1.165) is 24.1 Å². The molecule has 138 valence electrons.